The van der Waals surface area contributed by atoms with Gasteiger partial charge in [-0.1, -0.05) is 30.3 Å². The summed E-state index contributed by atoms with van der Waals surface area (Å²) in [5.41, 5.74) is 0.167. The molecule has 134 valence electrons. The lowest BCUT2D eigenvalue weighted by Gasteiger charge is -2.45. The van der Waals surface area contributed by atoms with Crippen molar-refractivity contribution in [3.63, 3.8) is 0 Å². The van der Waals surface area contributed by atoms with Crippen molar-refractivity contribution >= 4 is 5.91 Å². The van der Waals surface area contributed by atoms with Gasteiger partial charge in [0.25, 0.3) is 0 Å². The van der Waals surface area contributed by atoms with E-state index in [1.807, 2.05) is 25.1 Å². The zero-order valence-corrected chi connectivity index (χ0v) is 15.3. The molecule has 5 heteroatoms. The first-order valence-corrected chi connectivity index (χ1v) is 8.98. The van der Waals surface area contributed by atoms with Crippen LogP contribution in [-0.2, 0) is 9.53 Å². The molecule has 0 aromatic heterocycles. The number of ether oxygens (including phenoxy) is 1. The fraction of sp³-hybridized carbons (Fsp3) is 0.600. The van der Waals surface area contributed by atoms with Gasteiger partial charge in [-0.05, 0) is 45.1 Å². The number of amides is 1. The second kappa shape index (κ2) is 6.78. The number of morpholine rings is 1. The Morgan fingerprint density at radius 2 is 2.08 bits per heavy atom. The van der Waals surface area contributed by atoms with Crippen LogP contribution in [0.15, 0.2) is 30.3 Å². The van der Waals surface area contributed by atoms with Crippen molar-refractivity contribution in [1.29, 1.82) is 5.26 Å². The minimum Gasteiger partial charge on any atom is -0.370 e. The molecule has 0 unspecified atom stereocenters. The van der Waals surface area contributed by atoms with E-state index in [1.54, 1.807) is 0 Å². The number of hydrogen-bond donors (Lipinski definition) is 1. The summed E-state index contributed by atoms with van der Waals surface area (Å²) in [7, 11) is 0. The quantitative estimate of drug-likeness (QED) is 0.894. The van der Waals surface area contributed by atoms with E-state index in [2.05, 4.69) is 42.3 Å². The van der Waals surface area contributed by atoms with Crippen molar-refractivity contribution in [1.82, 2.24) is 10.2 Å². The van der Waals surface area contributed by atoms with Gasteiger partial charge in [0.1, 0.15) is 5.54 Å². The van der Waals surface area contributed by atoms with Gasteiger partial charge < -0.3 is 10.1 Å². The van der Waals surface area contributed by atoms with Crippen LogP contribution in [-0.4, -0.2) is 41.6 Å². The summed E-state index contributed by atoms with van der Waals surface area (Å²) in [6.45, 7) is 7.52. The largest absolute Gasteiger partial charge is 0.370 e. The Bertz CT molecular complexity index is 663. The van der Waals surface area contributed by atoms with Gasteiger partial charge in [-0.15, -0.1) is 0 Å². The highest BCUT2D eigenvalue weighted by Crippen LogP contribution is 2.39. The fourth-order valence-corrected chi connectivity index (χ4v) is 3.43. The molecule has 2 aliphatic rings. The lowest BCUT2D eigenvalue weighted by Crippen LogP contribution is -2.58. The van der Waals surface area contributed by atoms with Gasteiger partial charge >= 0.3 is 0 Å². The van der Waals surface area contributed by atoms with Crippen LogP contribution in [0.3, 0.4) is 0 Å². The molecule has 2 atom stereocenters. The Balaban J connectivity index is 1.66. The molecular formula is C20H27N3O2. The molecule has 25 heavy (non-hydrogen) atoms. The molecule has 1 amide bonds. The molecule has 1 aliphatic heterocycles. The smallest absolute Gasteiger partial charge is 0.235 e. The van der Waals surface area contributed by atoms with E-state index < -0.39 is 5.54 Å². The molecule has 0 spiro atoms. The number of carbonyl (C=O) groups is 1. The highest BCUT2D eigenvalue weighted by Gasteiger charge is 2.44. The van der Waals surface area contributed by atoms with Crippen molar-refractivity contribution < 1.29 is 9.53 Å². The second-order valence-corrected chi connectivity index (χ2v) is 8.04. The predicted octanol–water partition coefficient (Wildman–Crippen LogP) is 2.65. The van der Waals surface area contributed by atoms with Crippen LogP contribution in [0, 0.1) is 17.2 Å². The maximum absolute atomic E-state index is 12.6. The topological polar surface area (TPSA) is 65.4 Å². The number of benzene rings is 1. The van der Waals surface area contributed by atoms with Gasteiger partial charge in [-0.2, -0.15) is 5.26 Å². The Labute approximate surface area is 150 Å². The Kier molecular flexibility index (Phi) is 4.86. The van der Waals surface area contributed by atoms with Gasteiger partial charge in [0.2, 0.25) is 5.91 Å². The number of nitriles is 1. The normalized spacial score (nSPS) is 25.6. The lowest BCUT2D eigenvalue weighted by molar-refractivity contribution is -0.134. The molecule has 3 rings (SSSR count). The number of carbonyl (C=O) groups excluding carboxylic acids is 1. The van der Waals surface area contributed by atoms with Gasteiger partial charge in [0.05, 0.1) is 25.3 Å². The number of nitrogens with one attached hydrogen (secondary N) is 1. The van der Waals surface area contributed by atoms with E-state index in [-0.39, 0.29) is 30.0 Å². The maximum atomic E-state index is 12.6. The monoisotopic (exact) mass is 341 g/mol. The Morgan fingerprint density at radius 1 is 1.40 bits per heavy atom. The molecule has 1 N–H and O–H groups in total. The van der Waals surface area contributed by atoms with Crippen LogP contribution in [0.1, 0.15) is 45.3 Å². The van der Waals surface area contributed by atoms with Crippen LogP contribution in [0.5, 0.6) is 0 Å². The average molecular weight is 341 g/mol. The van der Waals surface area contributed by atoms with Crippen molar-refractivity contribution in [3.05, 3.63) is 35.9 Å². The highest BCUT2D eigenvalue weighted by atomic mass is 16.5. The van der Waals surface area contributed by atoms with E-state index in [0.29, 0.717) is 13.2 Å². The summed E-state index contributed by atoms with van der Waals surface area (Å²) >= 11 is 0. The molecule has 1 saturated carbocycles. The van der Waals surface area contributed by atoms with Gasteiger partial charge in [-0.3, -0.25) is 9.69 Å². The Hall–Kier alpha value is -1.90. The first-order chi connectivity index (χ1) is 11.8. The summed E-state index contributed by atoms with van der Waals surface area (Å²) < 4.78 is 6.04. The van der Waals surface area contributed by atoms with Crippen molar-refractivity contribution in [2.75, 3.05) is 19.7 Å². The molecule has 1 aliphatic carbocycles. The SMILES string of the molecule is CC1(C)CO[C@@H](c2ccccc2)CN1CC(=O)N[C@@](C)(C#N)C1CC1. The molecule has 1 aromatic carbocycles. The van der Waals surface area contributed by atoms with E-state index in [1.165, 1.54) is 0 Å². The first-order valence-electron chi connectivity index (χ1n) is 8.98. The van der Waals surface area contributed by atoms with E-state index >= 15 is 0 Å². The van der Waals surface area contributed by atoms with Crippen LogP contribution < -0.4 is 5.32 Å². The number of hydrogen-bond acceptors (Lipinski definition) is 4. The standard InChI is InChI=1S/C20H27N3O2/c1-19(2)14-25-17(15-7-5-4-6-8-15)11-23(19)12-18(24)22-20(3,13-21)16-9-10-16/h4-8,16-17H,9-12,14H2,1-3H3,(H,22,24)/t17-,20+/m1/s1. The molecule has 0 radical (unpaired) electrons. The van der Waals surface area contributed by atoms with Crippen LogP contribution >= 0.6 is 0 Å². The van der Waals surface area contributed by atoms with Gasteiger partial charge in [0.15, 0.2) is 0 Å². The summed E-state index contributed by atoms with van der Waals surface area (Å²) in [5, 5.41) is 12.4. The predicted molar refractivity (Wildman–Crippen MR) is 95.7 cm³/mol. The fourth-order valence-electron chi connectivity index (χ4n) is 3.43. The van der Waals surface area contributed by atoms with Crippen LogP contribution in [0.2, 0.25) is 0 Å². The molecule has 2 fully saturated rings. The molecule has 1 heterocycles. The molecule has 1 saturated heterocycles. The van der Waals surface area contributed by atoms with E-state index in [9.17, 15) is 10.1 Å². The molecular weight excluding hydrogens is 314 g/mol. The van der Waals surface area contributed by atoms with Gasteiger partial charge in [0, 0.05) is 12.1 Å². The minimum absolute atomic E-state index is 0.0344. The first kappa shape index (κ1) is 17.9. The zero-order chi connectivity index (χ0) is 18.1. The summed E-state index contributed by atoms with van der Waals surface area (Å²) in [6, 6.07) is 12.4. The molecule has 5 nitrogen and oxygen atoms in total. The summed E-state index contributed by atoms with van der Waals surface area (Å²) in [5.74, 6) is 0.203. The Morgan fingerprint density at radius 3 is 2.68 bits per heavy atom. The van der Waals surface area contributed by atoms with Crippen molar-refractivity contribution in [2.24, 2.45) is 5.92 Å². The third-order valence-electron chi connectivity index (χ3n) is 5.41. The lowest BCUT2D eigenvalue weighted by atomic mass is 9.96. The third-order valence-corrected chi connectivity index (χ3v) is 5.41. The maximum Gasteiger partial charge on any atom is 0.235 e. The number of nitrogens with zero attached hydrogens (tertiary/aromatic N) is 2. The molecule has 0 bridgehead atoms. The number of rotatable bonds is 5. The minimum atomic E-state index is -0.744. The van der Waals surface area contributed by atoms with Crippen molar-refractivity contribution in [2.45, 2.75) is 50.8 Å². The van der Waals surface area contributed by atoms with Gasteiger partial charge in [-0.25, -0.2) is 0 Å². The van der Waals surface area contributed by atoms with Crippen LogP contribution in [0.25, 0.3) is 0 Å². The zero-order valence-electron chi connectivity index (χ0n) is 15.3. The van der Waals surface area contributed by atoms with Crippen molar-refractivity contribution in [3.8, 4) is 6.07 Å². The highest BCUT2D eigenvalue weighted by molar-refractivity contribution is 5.79. The summed E-state index contributed by atoms with van der Waals surface area (Å²) in [6.07, 6.45) is 2.00. The second-order valence-electron chi connectivity index (χ2n) is 8.04. The van der Waals surface area contributed by atoms with E-state index in [0.717, 1.165) is 18.4 Å². The van der Waals surface area contributed by atoms with E-state index in [4.69, 9.17) is 4.74 Å². The third kappa shape index (κ3) is 4.02. The average Bonchev–Trinajstić information content (AvgIpc) is 3.43. The summed E-state index contributed by atoms with van der Waals surface area (Å²) in [4.78, 5) is 14.8. The van der Waals surface area contributed by atoms with Crippen LogP contribution in [0.4, 0.5) is 0 Å². The molecule has 1 aromatic rings.